The molecule has 6 aromatic carbocycles. The van der Waals surface area contributed by atoms with Crippen molar-refractivity contribution in [3.63, 3.8) is 0 Å². The Bertz CT molecular complexity index is 4300. The van der Waals surface area contributed by atoms with Crippen molar-refractivity contribution in [3.05, 3.63) is 285 Å². The molecule has 0 saturated carbocycles. The van der Waals surface area contributed by atoms with Crippen LogP contribution in [0.1, 0.15) is 128 Å². The van der Waals surface area contributed by atoms with E-state index in [1.165, 1.54) is 0 Å². The summed E-state index contributed by atoms with van der Waals surface area (Å²) in [6.07, 6.45) is 0. The third kappa shape index (κ3) is 10.1. The number of hydrogen-bond donors (Lipinski definition) is 4. The summed E-state index contributed by atoms with van der Waals surface area (Å²) in [7, 11) is 0. The fraction of sp³-hybridized carbons (Fsp3) is 0.145. The predicted octanol–water partition coefficient (Wildman–Crippen LogP) is 11.7. The Kier molecular flexibility index (Phi) is 13.5. The highest BCUT2D eigenvalue weighted by Crippen LogP contribution is 2.30. The summed E-state index contributed by atoms with van der Waals surface area (Å²) in [5, 5.41) is 3.45. The molecule has 10 heteroatoms. The maximum Gasteiger partial charge on any atom is 0.343 e. The van der Waals surface area contributed by atoms with Crippen molar-refractivity contribution in [1.82, 2.24) is 19.9 Å². The zero-order chi connectivity index (χ0) is 55.4. The molecule has 5 heterocycles. The normalized spacial score (nSPS) is 12.2. The third-order valence-electron chi connectivity index (χ3n) is 15.7. The maximum absolute atomic E-state index is 13.5. The number of ether oxygens (including phenoxy) is 3. The van der Waals surface area contributed by atoms with E-state index in [1.807, 2.05) is 158 Å². The van der Waals surface area contributed by atoms with Crippen LogP contribution in [0, 0.1) is 62.3 Å². The molecule has 8 bridgehead atoms. The Hall–Kier alpha value is -9.67. The van der Waals surface area contributed by atoms with Gasteiger partial charge in [-0.3, -0.25) is 0 Å². The number of aromatic amines is 4. The number of carbonyl (C=O) groups excluding carboxylic acids is 3. The van der Waals surface area contributed by atoms with Crippen molar-refractivity contribution in [2.45, 2.75) is 69.2 Å². The lowest BCUT2D eigenvalue weighted by atomic mass is 10.0. The number of nitrogens with one attached hydrogen (secondary N) is 4. The standard InChI is InChI=1S/C69H60N4O6/c1-37-31-50(32-38(2)43(37)7)67(74)77-53-17-11-47(12-18-53)64-58-25-23-56(70-58)46(10)57-24-26-59(71-57)65(48-13-19-54(20-14-48)78-68(75)51-33-39(3)44(8)40(4)34-51)61-28-30-63(73-61)66(62-29-27-60(64)72-62)49-15-21-55(22-16-49)79-69(76)52-35-41(5)45(9)42(6)36-52/h11-36,70-73H,1-10H3. The number of esters is 3. The zero-order valence-corrected chi connectivity index (χ0v) is 46.0. The van der Waals surface area contributed by atoms with Gasteiger partial charge < -0.3 is 34.1 Å². The van der Waals surface area contributed by atoms with Gasteiger partial charge in [0.05, 0.1) is 16.7 Å². The first-order valence-corrected chi connectivity index (χ1v) is 26.4. The second kappa shape index (κ2) is 20.7. The van der Waals surface area contributed by atoms with E-state index in [9.17, 15) is 14.4 Å². The van der Waals surface area contributed by atoms with Crippen LogP contribution in [-0.4, -0.2) is 37.8 Å². The molecule has 0 atom stereocenters. The van der Waals surface area contributed by atoms with Gasteiger partial charge in [-0.15, -0.1) is 0 Å². The molecule has 4 aromatic heterocycles. The van der Waals surface area contributed by atoms with Crippen molar-refractivity contribution in [2.75, 3.05) is 0 Å². The van der Waals surface area contributed by atoms with Crippen molar-refractivity contribution >= 4 is 40.2 Å². The molecule has 1 aliphatic heterocycles. The van der Waals surface area contributed by atoms with Crippen LogP contribution in [0.4, 0.5) is 0 Å². The second-order valence-electron chi connectivity index (χ2n) is 20.8. The number of fused-ring (bicyclic) bond motifs is 8. The fourth-order valence-electron chi connectivity index (χ4n) is 10.4. The average Bonchev–Trinajstić information content (AvgIpc) is 4.39. The Morgan fingerprint density at radius 1 is 0.291 bits per heavy atom. The molecular formula is C69H60N4O6. The van der Waals surface area contributed by atoms with Gasteiger partial charge in [0.2, 0.25) is 0 Å². The molecule has 4 N–H and O–H groups in total. The first-order valence-electron chi connectivity index (χ1n) is 26.4. The van der Waals surface area contributed by atoms with Crippen molar-refractivity contribution in [3.8, 4) is 17.2 Å². The molecular weight excluding hydrogens is 981 g/mol. The largest absolute Gasteiger partial charge is 0.423 e. The van der Waals surface area contributed by atoms with Gasteiger partial charge in [0.15, 0.2) is 0 Å². The first kappa shape index (κ1) is 51.4. The molecule has 10 nitrogen and oxygen atoms in total. The molecule has 0 saturated heterocycles. The summed E-state index contributed by atoms with van der Waals surface area (Å²) in [6.45, 7) is 20.2. The average molecular weight is 1040 g/mol. The van der Waals surface area contributed by atoms with E-state index in [2.05, 4.69) is 89.2 Å². The van der Waals surface area contributed by atoms with Crippen LogP contribution in [0.25, 0.3) is 22.3 Å². The van der Waals surface area contributed by atoms with Crippen molar-refractivity contribution in [1.29, 1.82) is 0 Å². The van der Waals surface area contributed by atoms with E-state index in [-0.39, 0.29) is 0 Å². The van der Waals surface area contributed by atoms with E-state index in [1.54, 1.807) is 0 Å². The molecule has 11 rings (SSSR count). The van der Waals surface area contributed by atoms with E-state index in [4.69, 9.17) is 14.2 Å². The predicted molar refractivity (Wildman–Crippen MR) is 311 cm³/mol. The summed E-state index contributed by atoms with van der Waals surface area (Å²) >= 11 is 0. The van der Waals surface area contributed by atoms with Crippen LogP contribution in [0.2, 0.25) is 0 Å². The van der Waals surface area contributed by atoms with Gasteiger partial charge in [-0.1, -0.05) is 36.4 Å². The lowest BCUT2D eigenvalue weighted by molar-refractivity contribution is 0.0725. The smallest absolute Gasteiger partial charge is 0.343 e. The Balaban J connectivity index is 1.03. The summed E-state index contributed by atoms with van der Waals surface area (Å²) in [5.41, 5.74) is 20.9. The zero-order valence-electron chi connectivity index (χ0n) is 46.0. The Labute approximate surface area is 458 Å². The van der Waals surface area contributed by atoms with Crippen LogP contribution in [0.3, 0.4) is 0 Å². The number of aryl methyl sites for hydroxylation is 6. The minimum Gasteiger partial charge on any atom is -0.423 e. The maximum atomic E-state index is 13.5. The van der Waals surface area contributed by atoms with Gasteiger partial charge in [0.25, 0.3) is 0 Å². The van der Waals surface area contributed by atoms with E-state index in [0.29, 0.717) is 33.9 Å². The monoisotopic (exact) mass is 1040 g/mol. The lowest BCUT2D eigenvalue weighted by Gasteiger charge is -2.12. The molecule has 0 unspecified atom stereocenters. The topological polar surface area (TPSA) is 142 Å². The summed E-state index contributed by atoms with van der Waals surface area (Å²) in [5.74, 6) is 0.0154. The lowest BCUT2D eigenvalue weighted by Crippen LogP contribution is -2.18. The second-order valence-corrected chi connectivity index (χ2v) is 20.8. The van der Waals surface area contributed by atoms with Gasteiger partial charge in [-0.25, -0.2) is 14.4 Å². The quantitative estimate of drug-likeness (QED) is 0.0838. The molecule has 0 spiro atoms. The highest BCUT2D eigenvalue weighted by atomic mass is 16.5. The molecule has 392 valence electrons. The van der Waals surface area contributed by atoms with Gasteiger partial charge >= 0.3 is 17.9 Å². The minimum atomic E-state index is -0.427. The molecule has 0 fully saturated rings. The van der Waals surface area contributed by atoms with E-state index in [0.717, 1.165) is 133 Å². The molecule has 0 aliphatic carbocycles. The summed E-state index contributed by atoms with van der Waals surface area (Å²) in [6, 6.07) is 50.6. The first-order chi connectivity index (χ1) is 38.0. The van der Waals surface area contributed by atoms with Crippen LogP contribution in [-0.2, 0) is 0 Å². The van der Waals surface area contributed by atoms with Crippen molar-refractivity contribution in [2.24, 2.45) is 0 Å². The number of hydrogen-bond acceptors (Lipinski definition) is 6. The van der Waals surface area contributed by atoms with Gasteiger partial charge in [-0.05, 0) is 263 Å². The molecule has 0 radical (unpaired) electrons. The van der Waals surface area contributed by atoms with Crippen LogP contribution < -0.4 is 35.6 Å². The molecule has 0 amide bonds. The fourth-order valence-corrected chi connectivity index (χ4v) is 10.4. The number of rotatable bonds is 9. The third-order valence-corrected chi connectivity index (χ3v) is 15.7. The highest BCUT2D eigenvalue weighted by Gasteiger charge is 2.20. The van der Waals surface area contributed by atoms with Gasteiger partial charge in [0, 0.05) is 60.9 Å². The van der Waals surface area contributed by atoms with E-state index >= 15 is 0 Å². The minimum absolute atomic E-state index is 0.415. The van der Waals surface area contributed by atoms with Crippen LogP contribution >= 0.6 is 0 Å². The number of H-pyrrole nitrogens is 4. The molecule has 1 aliphatic rings. The molecule has 79 heavy (non-hydrogen) atoms. The van der Waals surface area contributed by atoms with Gasteiger partial charge in [0.1, 0.15) is 17.2 Å². The number of carbonyl (C=O) groups is 3. The van der Waals surface area contributed by atoms with Gasteiger partial charge in [-0.2, -0.15) is 0 Å². The summed E-state index contributed by atoms with van der Waals surface area (Å²) in [4.78, 5) is 55.5. The van der Waals surface area contributed by atoms with E-state index < -0.39 is 17.9 Å². The SMILES string of the molecule is CC1=c2ccc([nH]2)=C(c2ccc(OC(=O)c3cc(C)c(C)c(C)c3)cc2)c2ccc([nH]2)C(c2ccc(OC(=O)c3cc(C)c(C)c(C)c3)cc2)=c2ccc([nH]2)=C(c2ccc(OC(=O)c3cc(C)c(C)c(C)c3)cc2)c2ccc1[nH]2. The Morgan fingerprint density at radius 2 is 0.544 bits per heavy atom. The number of benzene rings is 6. The summed E-state index contributed by atoms with van der Waals surface area (Å²) < 4.78 is 17.8. The highest BCUT2D eigenvalue weighted by molar-refractivity contribution is 5.93. The van der Waals surface area contributed by atoms with Crippen LogP contribution in [0.5, 0.6) is 17.2 Å². The van der Waals surface area contributed by atoms with Crippen LogP contribution in [0.15, 0.2) is 158 Å². The Morgan fingerprint density at radius 3 is 0.848 bits per heavy atom. The number of aromatic nitrogens is 4. The van der Waals surface area contributed by atoms with Crippen molar-refractivity contribution < 1.29 is 28.6 Å². The molecule has 10 aromatic rings.